The minimum absolute atomic E-state index is 0.791. The van der Waals surface area contributed by atoms with Crippen LogP contribution in [0.5, 0.6) is 0 Å². The van der Waals surface area contributed by atoms with Gasteiger partial charge in [0.05, 0.1) is 6.61 Å². The third-order valence-corrected chi connectivity index (χ3v) is 6.18. The van der Waals surface area contributed by atoms with Crippen molar-refractivity contribution in [3.05, 3.63) is 0 Å². The van der Waals surface area contributed by atoms with Crippen molar-refractivity contribution in [2.24, 2.45) is 11.8 Å². The zero-order chi connectivity index (χ0) is 19.7. The molecule has 0 aromatic rings. The highest BCUT2D eigenvalue weighted by atomic mass is 16.5. The van der Waals surface area contributed by atoms with Crippen molar-refractivity contribution in [2.45, 2.75) is 91.4 Å². The van der Waals surface area contributed by atoms with Gasteiger partial charge in [-0.3, -0.25) is 0 Å². The van der Waals surface area contributed by atoms with Gasteiger partial charge < -0.3 is 14.5 Å². The molecule has 1 saturated heterocycles. The van der Waals surface area contributed by atoms with Gasteiger partial charge >= 0.3 is 0 Å². The van der Waals surface area contributed by atoms with Gasteiger partial charge in [-0.05, 0) is 64.2 Å². The Morgan fingerprint density at radius 1 is 0.963 bits per heavy atom. The zero-order valence-corrected chi connectivity index (χ0v) is 19.2. The molecule has 1 aliphatic heterocycles. The molecule has 3 heteroatoms. The topological polar surface area (TPSA) is 15.7 Å². The lowest BCUT2D eigenvalue weighted by Gasteiger charge is -2.32. The van der Waals surface area contributed by atoms with Crippen LogP contribution in [0.25, 0.3) is 0 Å². The molecule has 0 saturated carbocycles. The van der Waals surface area contributed by atoms with Gasteiger partial charge in [0.1, 0.15) is 0 Å². The van der Waals surface area contributed by atoms with Gasteiger partial charge in [0, 0.05) is 19.7 Å². The average Bonchev–Trinajstić information content (AvgIpc) is 2.67. The van der Waals surface area contributed by atoms with E-state index in [0.29, 0.717) is 0 Å². The van der Waals surface area contributed by atoms with Crippen LogP contribution >= 0.6 is 0 Å². The van der Waals surface area contributed by atoms with E-state index in [0.717, 1.165) is 31.6 Å². The van der Waals surface area contributed by atoms with E-state index in [9.17, 15) is 0 Å². The standard InChI is InChI=1S/C24H50N2O/c1-5-7-9-11-13-23(3)21-25(4)19-20-27-22-24-14-17-26(18-15-24)16-12-10-8-6-2/h23-24H,5-22H2,1-4H3. The number of nitrogens with zero attached hydrogens (tertiary/aromatic N) is 2. The fourth-order valence-electron chi connectivity index (χ4n) is 4.24. The summed E-state index contributed by atoms with van der Waals surface area (Å²) >= 11 is 0. The number of unbranched alkanes of at least 4 members (excludes halogenated alkanes) is 6. The average molecular weight is 383 g/mol. The molecule has 0 N–H and O–H groups in total. The van der Waals surface area contributed by atoms with E-state index in [4.69, 9.17) is 4.74 Å². The molecule has 1 aliphatic rings. The van der Waals surface area contributed by atoms with Crippen molar-refractivity contribution >= 4 is 0 Å². The number of likely N-dealkylation sites (N-methyl/N-ethyl adjacent to an activating group) is 1. The molecule has 1 atom stereocenters. The molecule has 0 radical (unpaired) electrons. The van der Waals surface area contributed by atoms with Crippen LogP contribution in [-0.4, -0.2) is 62.8 Å². The Labute approximate surface area is 171 Å². The first-order valence-electron chi connectivity index (χ1n) is 12.1. The summed E-state index contributed by atoms with van der Waals surface area (Å²) in [6, 6.07) is 0. The van der Waals surface area contributed by atoms with Gasteiger partial charge in [-0.25, -0.2) is 0 Å². The molecule has 0 bridgehead atoms. The molecule has 0 aliphatic carbocycles. The van der Waals surface area contributed by atoms with Crippen LogP contribution in [0.15, 0.2) is 0 Å². The highest BCUT2D eigenvalue weighted by Gasteiger charge is 2.18. The smallest absolute Gasteiger partial charge is 0.0593 e. The van der Waals surface area contributed by atoms with E-state index < -0.39 is 0 Å². The highest BCUT2D eigenvalue weighted by Crippen LogP contribution is 2.18. The predicted molar refractivity (Wildman–Crippen MR) is 120 cm³/mol. The number of rotatable bonds is 17. The molecule has 0 aromatic heterocycles. The van der Waals surface area contributed by atoms with Gasteiger partial charge in [-0.15, -0.1) is 0 Å². The van der Waals surface area contributed by atoms with Gasteiger partial charge in [0.15, 0.2) is 0 Å². The molecule has 1 unspecified atom stereocenters. The van der Waals surface area contributed by atoms with Crippen molar-refractivity contribution in [3.8, 4) is 0 Å². The second-order valence-corrected chi connectivity index (χ2v) is 9.14. The lowest BCUT2D eigenvalue weighted by atomic mass is 9.97. The van der Waals surface area contributed by atoms with Crippen LogP contribution in [0.4, 0.5) is 0 Å². The SMILES string of the molecule is CCCCCCC(C)CN(C)CCOCC1CCN(CCCCCC)CC1. The summed E-state index contributed by atoms with van der Waals surface area (Å²) in [5.41, 5.74) is 0. The van der Waals surface area contributed by atoms with Crippen LogP contribution < -0.4 is 0 Å². The molecule has 1 heterocycles. The van der Waals surface area contributed by atoms with Crippen LogP contribution in [0.3, 0.4) is 0 Å². The summed E-state index contributed by atoms with van der Waals surface area (Å²) in [5, 5.41) is 0. The molecule has 162 valence electrons. The van der Waals surface area contributed by atoms with E-state index in [2.05, 4.69) is 37.6 Å². The van der Waals surface area contributed by atoms with Crippen molar-refractivity contribution in [2.75, 3.05) is 53.0 Å². The van der Waals surface area contributed by atoms with Crippen molar-refractivity contribution in [1.82, 2.24) is 9.80 Å². The van der Waals surface area contributed by atoms with Crippen LogP contribution in [0, 0.1) is 11.8 Å². The molecular weight excluding hydrogens is 332 g/mol. The summed E-state index contributed by atoms with van der Waals surface area (Å²) < 4.78 is 6.03. The molecule has 0 aromatic carbocycles. The molecule has 1 fully saturated rings. The van der Waals surface area contributed by atoms with E-state index >= 15 is 0 Å². The molecule has 3 nitrogen and oxygen atoms in total. The fraction of sp³-hybridized carbons (Fsp3) is 1.00. The van der Waals surface area contributed by atoms with Crippen molar-refractivity contribution < 1.29 is 4.74 Å². The maximum Gasteiger partial charge on any atom is 0.0593 e. The van der Waals surface area contributed by atoms with Crippen LogP contribution in [0.2, 0.25) is 0 Å². The molecule has 1 rings (SSSR count). The predicted octanol–water partition coefficient (Wildman–Crippen LogP) is 5.83. The maximum absolute atomic E-state index is 6.03. The second kappa shape index (κ2) is 16.8. The highest BCUT2D eigenvalue weighted by molar-refractivity contribution is 4.72. The Bertz CT molecular complexity index is 316. The van der Waals surface area contributed by atoms with Gasteiger partial charge in [-0.1, -0.05) is 65.7 Å². The summed E-state index contributed by atoms with van der Waals surface area (Å²) in [4.78, 5) is 5.13. The number of hydrogen-bond donors (Lipinski definition) is 0. The lowest BCUT2D eigenvalue weighted by Crippen LogP contribution is -2.36. The van der Waals surface area contributed by atoms with Gasteiger partial charge in [0.25, 0.3) is 0 Å². The van der Waals surface area contributed by atoms with E-state index in [1.807, 2.05) is 0 Å². The van der Waals surface area contributed by atoms with E-state index in [1.165, 1.54) is 96.8 Å². The number of hydrogen-bond acceptors (Lipinski definition) is 3. The third-order valence-electron chi connectivity index (χ3n) is 6.18. The first-order valence-corrected chi connectivity index (χ1v) is 12.1. The first-order chi connectivity index (χ1) is 13.2. The van der Waals surface area contributed by atoms with Crippen LogP contribution in [-0.2, 0) is 4.74 Å². The molecule has 27 heavy (non-hydrogen) atoms. The quantitative estimate of drug-likeness (QED) is 0.294. The Morgan fingerprint density at radius 3 is 2.30 bits per heavy atom. The normalized spacial score (nSPS) is 17.7. The largest absolute Gasteiger partial charge is 0.380 e. The summed E-state index contributed by atoms with van der Waals surface area (Å²) in [6.07, 6.45) is 15.1. The summed E-state index contributed by atoms with van der Waals surface area (Å²) in [5.74, 6) is 1.60. The Balaban J connectivity index is 1.96. The van der Waals surface area contributed by atoms with E-state index in [1.54, 1.807) is 0 Å². The number of ether oxygens (including phenoxy) is 1. The number of likely N-dealkylation sites (tertiary alicyclic amines) is 1. The fourth-order valence-corrected chi connectivity index (χ4v) is 4.24. The molecular formula is C24H50N2O. The second-order valence-electron chi connectivity index (χ2n) is 9.14. The third kappa shape index (κ3) is 13.7. The van der Waals surface area contributed by atoms with Crippen molar-refractivity contribution in [3.63, 3.8) is 0 Å². The monoisotopic (exact) mass is 382 g/mol. The summed E-state index contributed by atoms with van der Waals surface area (Å²) in [7, 11) is 2.25. The Hall–Kier alpha value is -0.120. The van der Waals surface area contributed by atoms with Gasteiger partial charge in [-0.2, -0.15) is 0 Å². The van der Waals surface area contributed by atoms with Crippen LogP contribution in [0.1, 0.15) is 91.4 Å². The Morgan fingerprint density at radius 2 is 1.63 bits per heavy atom. The minimum Gasteiger partial charge on any atom is -0.380 e. The minimum atomic E-state index is 0.791. The first kappa shape index (κ1) is 24.9. The number of piperidine rings is 1. The zero-order valence-electron chi connectivity index (χ0n) is 19.2. The maximum atomic E-state index is 6.03. The molecule has 0 spiro atoms. The van der Waals surface area contributed by atoms with E-state index in [-0.39, 0.29) is 0 Å². The lowest BCUT2D eigenvalue weighted by molar-refractivity contribution is 0.0549. The molecule has 0 amide bonds. The Kier molecular flexibility index (Phi) is 15.5. The summed E-state index contributed by atoms with van der Waals surface area (Å²) in [6.45, 7) is 15.0. The van der Waals surface area contributed by atoms with Gasteiger partial charge in [0.2, 0.25) is 0 Å². The van der Waals surface area contributed by atoms with Crippen molar-refractivity contribution in [1.29, 1.82) is 0 Å².